The Morgan fingerprint density at radius 1 is 1.24 bits per heavy atom. The minimum atomic E-state index is -1.30. The molecule has 29 heavy (non-hydrogen) atoms. The zero-order valence-corrected chi connectivity index (χ0v) is 17.8. The summed E-state index contributed by atoms with van der Waals surface area (Å²) in [5.41, 5.74) is -1.08. The summed E-state index contributed by atoms with van der Waals surface area (Å²) < 4.78 is 16.1. The van der Waals surface area contributed by atoms with Gasteiger partial charge in [-0.1, -0.05) is 36.0 Å². The normalized spacial score (nSPS) is 30.8. The van der Waals surface area contributed by atoms with E-state index < -0.39 is 29.0 Å². The lowest BCUT2D eigenvalue weighted by atomic mass is 9.86. The van der Waals surface area contributed by atoms with Crippen LogP contribution in [0, 0.1) is 6.92 Å². The number of hydrogen-bond acceptors (Lipinski definition) is 6. The van der Waals surface area contributed by atoms with Gasteiger partial charge in [0.15, 0.2) is 0 Å². The SMILES string of the molecule is COc1cc(=O)oc(C=CC=CC=CC(C)=C[C@]2(C)O[C@H](C)[C@](C)(O)[C@H]2O)c1C. The number of aliphatic hydroxyl groups excluding tert-OH is 1. The molecule has 0 amide bonds. The molecule has 2 rings (SSSR count). The number of hydrogen-bond donors (Lipinski definition) is 2. The number of ether oxygens (including phenoxy) is 2. The average Bonchev–Trinajstić information content (AvgIpc) is 2.79. The van der Waals surface area contributed by atoms with Crippen molar-refractivity contribution in [2.75, 3.05) is 7.11 Å². The van der Waals surface area contributed by atoms with Gasteiger partial charge in [-0.25, -0.2) is 4.79 Å². The first-order chi connectivity index (χ1) is 13.5. The summed E-state index contributed by atoms with van der Waals surface area (Å²) in [5, 5.41) is 20.8. The first kappa shape index (κ1) is 22.9. The summed E-state index contributed by atoms with van der Waals surface area (Å²) in [5.74, 6) is 0.934. The lowest BCUT2D eigenvalue weighted by Gasteiger charge is -2.28. The van der Waals surface area contributed by atoms with Crippen LogP contribution in [0.4, 0.5) is 0 Å². The Hall–Kier alpha value is -2.41. The third-order valence-electron chi connectivity index (χ3n) is 5.22. The second-order valence-corrected chi connectivity index (χ2v) is 7.69. The molecule has 1 saturated heterocycles. The summed E-state index contributed by atoms with van der Waals surface area (Å²) in [4.78, 5) is 11.5. The number of allylic oxidation sites excluding steroid dienone is 6. The van der Waals surface area contributed by atoms with Crippen molar-refractivity contribution in [2.24, 2.45) is 0 Å². The molecule has 1 fully saturated rings. The zero-order chi connectivity index (χ0) is 21.8. The van der Waals surface area contributed by atoms with Crippen molar-refractivity contribution in [3.63, 3.8) is 0 Å². The third-order valence-corrected chi connectivity index (χ3v) is 5.22. The lowest BCUT2D eigenvalue weighted by Crippen LogP contribution is -2.47. The van der Waals surface area contributed by atoms with E-state index in [9.17, 15) is 15.0 Å². The van der Waals surface area contributed by atoms with Gasteiger partial charge >= 0.3 is 5.63 Å². The van der Waals surface area contributed by atoms with Crippen LogP contribution in [-0.4, -0.2) is 40.7 Å². The molecule has 2 heterocycles. The van der Waals surface area contributed by atoms with Gasteiger partial charge in [0.1, 0.15) is 28.8 Å². The third kappa shape index (κ3) is 5.15. The highest BCUT2D eigenvalue weighted by Crippen LogP contribution is 2.39. The number of aliphatic hydroxyl groups is 2. The van der Waals surface area contributed by atoms with Crippen LogP contribution in [0.1, 0.15) is 39.0 Å². The van der Waals surface area contributed by atoms with Crippen LogP contribution in [0.5, 0.6) is 5.75 Å². The fourth-order valence-corrected chi connectivity index (χ4v) is 3.38. The van der Waals surface area contributed by atoms with Gasteiger partial charge in [0.2, 0.25) is 0 Å². The van der Waals surface area contributed by atoms with Crippen LogP contribution in [0.3, 0.4) is 0 Å². The lowest BCUT2D eigenvalue weighted by molar-refractivity contribution is -0.0579. The number of methoxy groups -OCH3 is 1. The van der Waals surface area contributed by atoms with E-state index in [2.05, 4.69) is 0 Å². The Morgan fingerprint density at radius 3 is 2.48 bits per heavy atom. The van der Waals surface area contributed by atoms with Crippen LogP contribution < -0.4 is 10.4 Å². The molecule has 4 atom stereocenters. The van der Waals surface area contributed by atoms with Crippen molar-refractivity contribution >= 4 is 6.08 Å². The molecule has 1 aromatic heterocycles. The van der Waals surface area contributed by atoms with E-state index in [4.69, 9.17) is 13.9 Å². The van der Waals surface area contributed by atoms with Gasteiger partial charge in [0, 0.05) is 5.56 Å². The van der Waals surface area contributed by atoms with Crippen LogP contribution in [0.25, 0.3) is 6.08 Å². The van der Waals surface area contributed by atoms with Gasteiger partial charge in [-0.2, -0.15) is 0 Å². The summed E-state index contributed by atoms with van der Waals surface area (Å²) in [6.07, 6.45) is 11.1. The van der Waals surface area contributed by atoms with Gasteiger partial charge in [0.05, 0.1) is 19.3 Å². The monoisotopic (exact) mass is 402 g/mol. The molecule has 0 saturated carbocycles. The second kappa shape index (κ2) is 8.95. The van der Waals surface area contributed by atoms with E-state index in [1.807, 2.05) is 38.2 Å². The predicted molar refractivity (Wildman–Crippen MR) is 113 cm³/mol. The van der Waals surface area contributed by atoms with Crippen LogP contribution in [-0.2, 0) is 4.74 Å². The molecule has 6 nitrogen and oxygen atoms in total. The number of rotatable bonds is 6. The second-order valence-electron chi connectivity index (χ2n) is 7.69. The van der Waals surface area contributed by atoms with Crippen molar-refractivity contribution in [1.82, 2.24) is 0 Å². The predicted octanol–water partition coefficient (Wildman–Crippen LogP) is 3.32. The first-order valence-electron chi connectivity index (χ1n) is 9.49. The van der Waals surface area contributed by atoms with E-state index >= 15 is 0 Å². The van der Waals surface area contributed by atoms with Crippen LogP contribution in [0.15, 0.2) is 57.3 Å². The van der Waals surface area contributed by atoms with E-state index in [1.165, 1.54) is 13.2 Å². The van der Waals surface area contributed by atoms with Gasteiger partial charge in [-0.15, -0.1) is 0 Å². The Kier molecular flexibility index (Phi) is 7.06. The maximum absolute atomic E-state index is 11.5. The molecular weight excluding hydrogens is 372 g/mol. The minimum absolute atomic E-state index is 0.445. The molecule has 0 bridgehead atoms. The molecule has 0 radical (unpaired) electrons. The van der Waals surface area contributed by atoms with Crippen molar-refractivity contribution < 1.29 is 24.1 Å². The average molecular weight is 402 g/mol. The van der Waals surface area contributed by atoms with Crippen molar-refractivity contribution in [1.29, 1.82) is 0 Å². The fourth-order valence-electron chi connectivity index (χ4n) is 3.38. The highest BCUT2D eigenvalue weighted by Gasteiger charge is 2.55. The minimum Gasteiger partial charge on any atom is -0.496 e. The molecule has 0 unspecified atom stereocenters. The topological polar surface area (TPSA) is 89.1 Å². The van der Waals surface area contributed by atoms with Gasteiger partial charge in [0.25, 0.3) is 0 Å². The van der Waals surface area contributed by atoms with Crippen molar-refractivity contribution in [2.45, 2.75) is 58.0 Å². The molecule has 0 aromatic carbocycles. The highest BCUT2D eigenvalue weighted by atomic mass is 16.6. The Balaban J connectivity index is 2.04. The van der Waals surface area contributed by atoms with E-state index in [1.54, 1.807) is 39.0 Å². The van der Waals surface area contributed by atoms with Crippen molar-refractivity contribution in [3.05, 3.63) is 69.8 Å². The summed E-state index contributed by atoms with van der Waals surface area (Å²) in [6.45, 7) is 8.79. The van der Waals surface area contributed by atoms with Crippen molar-refractivity contribution in [3.8, 4) is 5.75 Å². The smallest absolute Gasteiger partial charge is 0.339 e. The highest BCUT2D eigenvalue weighted by molar-refractivity contribution is 5.52. The summed E-state index contributed by atoms with van der Waals surface area (Å²) in [7, 11) is 1.51. The fraction of sp³-hybridized carbons (Fsp3) is 0.435. The molecule has 158 valence electrons. The largest absolute Gasteiger partial charge is 0.496 e. The molecule has 6 heteroatoms. The van der Waals surface area contributed by atoms with Gasteiger partial charge < -0.3 is 24.1 Å². The van der Waals surface area contributed by atoms with E-state index in [-0.39, 0.29) is 0 Å². The standard InChI is InChI=1S/C23H30O6/c1-15(14-22(4)21(25)23(5,26)17(3)29-22)11-9-7-8-10-12-18-16(2)19(27-6)13-20(24)28-18/h7-14,17,21,25-26H,1-6H3/t17-,21+,22+,23+/m1/s1. The maximum atomic E-state index is 11.5. The Bertz CT molecular complexity index is 902. The molecular formula is C23H30O6. The molecule has 2 N–H and O–H groups in total. The molecule has 1 aliphatic rings. The molecule has 1 aromatic rings. The maximum Gasteiger partial charge on any atom is 0.339 e. The Labute approximate surface area is 171 Å². The summed E-state index contributed by atoms with van der Waals surface area (Å²) >= 11 is 0. The molecule has 1 aliphatic heterocycles. The van der Waals surface area contributed by atoms with Gasteiger partial charge in [-0.3, -0.25) is 0 Å². The quantitative estimate of drug-likeness (QED) is 0.710. The van der Waals surface area contributed by atoms with E-state index in [0.29, 0.717) is 11.5 Å². The summed E-state index contributed by atoms with van der Waals surface area (Å²) in [6, 6.07) is 1.31. The first-order valence-corrected chi connectivity index (χ1v) is 9.49. The zero-order valence-electron chi connectivity index (χ0n) is 17.8. The van der Waals surface area contributed by atoms with Crippen LogP contribution >= 0.6 is 0 Å². The molecule has 0 spiro atoms. The Morgan fingerprint density at radius 2 is 1.90 bits per heavy atom. The molecule has 0 aliphatic carbocycles. The van der Waals surface area contributed by atoms with Gasteiger partial charge in [-0.05, 0) is 46.8 Å². The van der Waals surface area contributed by atoms with E-state index in [0.717, 1.165) is 11.1 Å². The van der Waals surface area contributed by atoms with Crippen LogP contribution in [0.2, 0.25) is 0 Å².